The van der Waals surface area contributed by atoms with E-state index in [9.17, 15) is 14.0 Å². The van der Waals surface area contributed by atoms with Crippen molar-refractivity contribution in [2.24, 2.45) is 21.8 Å². The van der Waals surface area contributed by atoms with Crippen molar-refractivity contribution >= 4 is 40.9 Å². The topological polar surface area (TPSA) is 105 Å². The molecule has 2 aliphatic rings. The number of pyridine rings is 1. The van der Waals surface area contributed by atoms with Crippen LogP contribution in [0.4, 0.5) is 21.6 Å². The van der Waals surface area contributed by atoms with E-state index in [0.717, 1.165) is 31.2 Å². The number of carbonyl (C=O) groups is 2. The van der Waals surface area contributed by atoms with Gasteiger partial charge in [-0.05, 0) is 51.2 Å². The van der Waals surface area contributed by atoms with Gasteiger partial charge in [-0.25, -0.2) is 14.4 Å². The van der Waals surface area contributed by atoms with Gasteiger partial charge in [0.1, 0.15) is 12.0 Å². The quantitative estimate of drug-likeness (QED) is 0.229. The fourth-order valence-corrected chi connectivity index (χ4v) is 4.16. The number of methoxy groups -OCH3 is 1. The molecule has 37 heavy (non-hydrogen) atoms. The van der Waals surface area contributed by atoms with Gasteiger partial charge < -0.3 is 15.4 Å². The summed E-state index contributed by atoms with van der Waals surface area (Å²) in [6.45, 7) is 6.02. The Balaban J connectivity index is 1.71. The Bertz CT molecular complexity index is 1220. The molecule has 1 amide bonds. The number of halogens is 1. The number of benzene rings is 1. The third kappa shape index (κ3) is 6.21. The van der Waals surface area contributed by atoms with Crippen LogP contribution in [-0.4, -0.2) is 48.0 Å². The number of aliphatic imine (C=N–C) groups is 2. The van der Waals surface area contributed by atoms with Crippen LogP contribution in [0.25, 0.3) is 0 Å². The second-order valence-electron chi connectivity index (χ2n) is 9.42. The van der Waals surface area contributed by atoms with Crippen LogP contribution in [0.2, 0.25) is 0 Å². The molecule has 0 radical (unpaired) electrons. The molecule has 196 valence electrons. The molecule has 1 heterocycles. The van der Waals surface area contributed by atoms with Crippen molar-refractivity contribution in [3.63, 3.8) is 0 Å². The zero-order valence-corrected chi connectivity index (χ0v) is 21.8. The molecular weight excluding hydrogens is 473 g/mol. The van der Waals surface area contributed by atoms with E-state index < -0.39 is 18.0 Å². The van der Waals surface area contributed by atoms with E-state index in [-0.39, 0.29) is 30.0 Å². The fraction of sp³-hybridized carbons (Fsp3) is 0.464. The molecule has 2 atom stereocenters. The Morgan fingerprint density at radius 3 is 2.54 bits per heavy atom. The van der Waals surface area contributed by atoms with Gasteiger partial charge in [-0.2, -0.15) is 0 Å². The van der Waals surface area contributed by atoms with E-state index >= 15 is 0 Å². The van der Waals surface area contributed by atoms with Crippen LogP contribution >= 0.6 is 0 Å². The van der Waals surface area contributed by atoms with Crippen molar-refractivity contribution in [1.82, 2.24) is 4.98 Å². The maximum atomic E-state index is 13.4. The molecule has 0 aliphatic heterocycles. The number of amides is 1. The number of amidine groups is 1. The number of para-hydroxylation sites is 1. The van der Waals surface area contributed by atoms with Gasteiger partial charge in [-0.3, -0.25) is 14.6 Å². The number of hydrogen-bond acceptors (Lipinski definition) is 6. The molecule has 2 aromatic rings. The Morgan fingerprint density at radius 1 is 1.22 bits per heavy atom. The van der Waals surface area contributed by atoms with Crippen molar-refractivity contribution < 1.29 is 18.7 Å². The molecule has 2 unspecified atom stereocenters. The zero-order chi connectivity index (χ0) is 26.5. The largest absolute Gasteiger partial charge is 0.494 e. The number of nitrogens with one attached hydrogen (secondary N) is 2. The van der Waals surface area contributed by atoms with E-state index in [1.165, 1.54) is 6.20 Å². The lowest BCUT2D eigenvalue weighted by atomic mass is 10.1. The molecule has 1 aromatic carbocycles. The summed E-state index contributed by atoms with van der Waals surface area (Å²) in [4.78, 5) is 38.9. The lowest BCUT2D eigenvalue weighted by Gasteiger charge is -2.18. The summed E-state index contributed by atoms with van der Waals surface area (Å²) in [5.74, 6) is 0.275. The van der Waals surface area contributed by atoms with Gasteiger partial charge in [-0.1, -0.05) is 19.9 Å². The lowest BCUT2D eigenvalue weighted by Crippen LogP contribution is -2.17. The highest BCUT2D eigenvalue weighted by molar-refractivity contribution is 6.08. The smallest absolute Gasteiger partial charge is 0.231 e. The SMILES string of the molecule is CC=NC(=NC(CC)CC)c1cccc(Nc2cc(NC(=O)C3CC3F)ncc2C(=O)C2CC2)c1OC. The van der Waals surface area contributed by atoms with Crippen LogP contribution in [0.3, 0.4) is 0 Å². The maximum Gasteiger partial charge on any atom is 0.231 e. The van der Waals surface area contributed by atoms with Crippen molar-refractivity contribution in [3.8, 4) is 5.75 Å². The van der Waals surface area contributed by atoms with Crippen molar-refractivity contribution in [3.05, 3.63) is 41.6 Å². The molecule has 2 saturated carbocycles. The maximum absolute atomic E-state index is 13.4. The second kappa shape index (κ2) is 11.6. The van der Waals surface area contributed by atoms with Crippen LogP contribution in [0.1, 0.15) is 68.8 Å². The standard InChI is InChI=1S/C28H34FN5O3/c1-5-17(6-2)32-27(30-7-3)18-9-8-10-22(26(18)37-4)33-23-14-24(34-28(36)19-13-21(19)29)31-15-20(23)25(35)16-11-12-16/h7-10,14-17,19,21H,5-6,11-13H2,1-4H3,(H2,31,33,34,36). The van der Waals surface area contributed by atoms with Gasteiger partial charge in [0.25, 0.3) is 0 Å². The molecule has 9 heteroatoms. The summed E-state index contributed by atoms with van der Waals surface area (Å²) in [6.07, 6.45) is 5.76. The Hall–Kier alpha value is -3.62. The first-order valence-electron chi connectivity index (χ1n) is 12.9. The summed E-state index contributed by atoms with van der Waals surface area (Å²) in [5, 5.41) is 5.99. The lowest BCUT2D eigenvalue weighted by molar-refractivity contribution is -0.117. The van der Waals surface area contributed by atoms with Crippen LogP contribution in [0.15, 0.2) is 40.4 Å². The summed E-state index contributed by atoms with van der Waals surface area (Å²) in [6, 6.07) is 7.35. The highest BCUT2D eigenvalue weighted by atomic mass is 19.1. The zero-order valence-electron chi connectivity index (χ0n) is 21.8. The summed E-state index contributed by atoms with van der Waals surface area (Å²) < 4.78 is 19.2. The van der Waals surface area contributed by atoms with E-state index in [0.29, 0.717) is 28.5 Å². The monoisotopic (exact) mass is 507 g/mol. The van der Waals surface area contributed by atoms with Crippen molar-refractivity contribution in [1.29, 1.82) is 0 Å². The molecule has 4 rings (SSSR count). The van der Waals surface area contributed by atoms with E-state index in [1.54, 1.807) is 19.4 Å². The van der Waals surface area contributed by atoms with Gasteiger partial charge in [0.2, 0.25) is 5.91 Å². The number of ether oxygens (including phenoxy) is 1. The molecule has 0 saturated heterocycles. The van der Waals surface area contributed by atoms with Crippen molar-refractivity contribution in [2.75, 3.05) is 17.7 Å². The molecular formula is C28H34FN5O3. The summed E-state index contributed by atoms with van der Waals surface area (Å²) in [7, 11) is 1.58. The summed E-state index contributed by atoms with van der Waals surface area (Å²) >= 11 is 0. The van der Waals surface area contributed by atoms with Crippen LogP contribution in [0.5, 0.6) is 5.75 Å². The molecule has 8 nitrogen and oxygen atoms in total. The predicted octanol–water partition coefficient (Wildman–Crippen LogP) is 5.75. The molecule has 2 N–H and O–H groups in total. The number of Topliss-reactive ketones (excluding diaryl/α,β-unsaturated/α-hetero) is 1. The molecule has 0 spiro atoms. The predicted molar refractivity (Wildman–Crippen MR) is 144 cm³/mol. The second-order valence-corrected chi connectivity index (χ2v) is 9.42. The highest BCUT2D eigenvalue weighted by Gasteiger charge is 2.43. The van der Waals surface area contributed by atoms with Gasteiger partial charge in [-0.15, -0.1) is 0 Å². The minimum atomic E-state index is -1.11. The first kappa shape index (κ1) is 26.4. The van der Waals surface area contributed by atoms with E-state index in [2.05, 4.69) is 34.5 Å². The van der Waals surface area contributed by atoms with Crippen LogP contribution in [-0.2, 0) is 4.79 Å². The van der Waals surface area contributed by atoms with E-state index in [1.807, 2.05) is 25.1 Å². The van der Waals surface area contributed by atoms with E-state index in [4.69, 9.17) is 9.73 Å². The van der Waals surface area contributed by atoms with Gasteiger partial charge in [0.05, 0.1) is 41.6 Å². The van der Waals surface area contributed by atoms with Crippen molar-refractivity contribution in [2.45, 2.75) is 65.1 Å². The number of aromatic nitrogens is 1. The number of hydrogen-bond donors (Lipinski definition) is 2. The average Bonchev–Trinajstić information content (AvgIpc) is 3.83. The fourth-order valence-electron chi connectivity index (χ4n) is 4.16. The number of anilines is 3. The normalized spacial score (nSPS) is 19.2. The Labute approximate surface area is 216 Å². The molecule has 2 fully saturated rings. The minimum absolute atomic E-state index is 0.000538. The molecule has 1 aromatic heterocycles. The molecule has 0 bridgehead atoms. The highest BCUT2D eigenvalue weighted by Crippen LogP contribution is 2.39. The third-order valence-corrected chi connectivity index (χ3v) is 6.65. The van der Waals surface area contributed by atoms with Crippen LogP contribution in [0, 0.1) is 11.8 Å². The number of carbonyl (C=O) groups excluding carboxylic acids is 2. The first-order chi connectivity index (χ1) is 17.9. The number of alkyl halides is 1. The van der Waals surface area contributed by atoms with Gasteiger partial charge in [0, 0.05) is 24.4 Å². The number of ketones is 1. The number of nitrogens with zero attached hydrogens (tertiary/aromatic N) is 3. The van der Waals surface area contributed by atoms with Gasteiger partial charge in [0.15, 0.2) is 17.4 Å². The first-order valence-corrected chi connectivity index (χ1v) is 12.9. The average molecular weight is 508 g/mol. The number of rotatable bonds is 11. The minimum Gasteiger partial charge on any atom is -0.494 e. The third-order valence-electron chi connectivity index (χ3n) is 6.65. The molecule has 2 aliphatic carbocycles. The Morgan fingerprint density at radius 2 is 1.95 bits per heavy atom. The Kier molecular flexibility index (Phi) is 8.31. The summed E-state index contributed by atoms with van der Waals surface area (Å²) in [5.41, 5.74) is 2.25. The van der Waals surface area contributed by atoms with Gasteiger partial charge >= 0.3 is 0 Å². The van der Waals surface area contributed by atoms with Crippen LogP contribution < -0.4 is 15.4 Å².